The summed E-state index contributed by atoms with van der Waals surface area (Å²) in [6, 6.07) is 50.7. The third kappa shape index (κ3) is 3.92. The number of rotatable bonds is 3. The van der Waals surface area contributed by atoms with Gasteiger partial charge in [0.1, 0.15) is 0 Å². The highest BCUT2D eigenvalue weighted by Crippen LogP contribution is 2.39. The Morgan fingerprint density at radius 1 is 0.556 bits per heavy atom. The minimum Gasteiger partial charge on any atom is -0.309 e. The van der Waals surface area contributed by atoms with Crippen LogP contribution in [0.25, 0.3) is 82.5 Å². The summed E-state index contributed by atoms with van der Waals surface area (Å²) in [7, 11) is 0. The highest BCUT2D eigenvalue weighted by atomic mass is 15.0. The molecule has 0 spiro atoms. The molecule has 9 rings (SSSR count). The summed E-state index contributed by atoms with van der Waals surface area (Å²) in [4.78, 5) is 9.93. The van der Waals surface area contributed by atoms with E-state index in [9.17, 15) is 5.26 Å². The summed E-state index contributed by atoms with van der Waals surface area (Å²) in [6.45, 7) is 0. The SMILES string of the molecule is N#Cc1ccc2c(c1)c1cc(-c3ccc4c(c3)nc(-c3ccccn3)c3ccc5ccccc5c34)ccc1n2-c1ccccc1. The highest BCUT2D eigenvalue weighted by Gasteiger charge is 2.17. The molecule has 0 radical (unpaired) electrons. The number of para-hydroxylation sites is 1. The number of nitrogens with zero attached hydrogens (tertiary/aromatic N) is 4. The lowest BCUT2D eigenvalue weighted by molar-refractivity contribution is 1.18. The molecule has 6 aromatic carbocycles. The number of benzene rings is 6. The predicted molar refractivity (Wildman–Crippen MR) is 184 cm³/mol. The minimum atomic E-state index is 0.649. The molecule has 0 aliphatic heterocycles. The van der Waals surface area contributed by atoms with Crippen LogP contribution >= 0.6 is 0 Å². The third-order valence-corrected chi connectivity index (χ3v) is 8.83. The second-order valence-electron chi connectivity index (χ2n) is 11.4. The van der Waals surface area contributed by atoms with Crippen molar-refractivity contribution in [1.82, 2.24) is 14.5 Å². The van der Waals surface area contributed by atoms with Crippen molar-refractivity contribution in [3.63, 3.8) is 0 Å². The van der Waals surface area contributed by atoms with Crippen molar-refractivity contribution in [3.8, 4) is 34.3 Å². The molecule has 0 aliphatic rings. The Balaban J connectivity index is 1.31. The zero-order valence-electron chi connectivity index (χ0n) is 24.1. The van der Waals surface area contributed by atoms with Gasteiger partial charge in [-0.2, -0.15) is 5.26 Å². The first kappa shape index (κ1) is 25.2. The van der Waals surface area contributed by atoms with Crippen LogP contribution < -0.4 is 0 Å². The van der Waals surface area contributed by atoms with E-state index in [-0.39, 0.29) is 0 Å². The Labute approximate surface area is 259 Å². The lowest BCUT2D eigenvalue weighted by Crippen LogP contribution is -1.93. The van der Waals surface area contributed by atoms with E-state index >= 15 is 0 Å². The Kier molecular flexibility index (Phi) is 5.53. The van der Waals surface area contributed by atoms with E-state index in [0.29, 0.717) is 5.56 Å². The van der Waals surface area contributed by atoms with Crippen LogP contribution in [-0.4, -0.2) is 14.5 Å². The lowest BCUT2D eigenvalue weighted by Gasteiger charge is -2.13. The van der Waals surface area contributed by atoms with E-state index in [1.807, 2.05) is 42.6 Å². The summed E-state index contributed by atoms with van der Waals surface area (Å²) in [5.41, 5.74) is 8.76. The first-order valence-corrected chi connectivity index (χ1v) is 15.0. The number of hydrogen-bond donors (Lipinski definition) is 0. The standard InChI is InChI=1S/C41H24N4/c42-25-26-13-19-38-34(22-26)35-23-28(16-20-39(35)45(38)30-9-2-1-3-10-30)29-15-17-32-37(24-29)44-41(36-12-6-7-21-43-36)33-18-14-27-8-4-5-11-31(27)40(32)33/h1-24H. The quantitative estimate of drug-likeness (QED) is 0.198. The average molecular weight is 573 g/mol. The Bertz CT molecular complexity index is 2650. The van der Waals surface area contributed by atoms with E-state index < -0.39 is 0 Å². The topological polar surface area (TPSA) is 54.5 Å². The molecule has 0 aliphatic carbocycles. The molecule has 0 amide bonds. The van der Waals surface area contributed by atoms with E-state index in [2.05, 4.69) is 119 Å². The second kappa shape index (κ2) is 9.87. The maximum Gasteiger partial charge on any atom is 0.0991 e. The van der Waals surface area contributed by atoms with Gasteiger partial charge >= 0.3 is 0 Å². The van der Waals surface area contributed by atoms with Crippen molar-refractivity contribution < 1.29 is 0 Å². The second-order valence-corrected chi connectivity index (χ2v) is 11.4. The number of pyridine rings is 2. The molecule has 4 heteroatoms. The molecule has 45 heavy (non-hydrogen) atoms. The molecule has 208 valence electrons. The van der Waals surface area contributed by atoms with Gasteiger partial charge < -0.3 is 4.57 Å². The molecule has 0 bridgehead atoms. The average Bonchev–Trinajstić information content (AvgIpc) is 3.44. The van der Waals surface area contributed by atoms with Gasteiger partial charge in [0.05, 0.1) is 39.6 Å². The molecular formula is C41H24N4. The number of hydrogen-bond acceptors (Lipinski definition) is 3. The normalized spacial score (nSPS) is 11.5. The number of aromatic nitrogens is 3. The summed E-state index contributed by atoms with van der Waals surface area (Å²) < 4.78 is 2.27. The van der Waals surface area contributed by atoms with E-state index in [1.165, 1.54) is 16.2 Å². The zero-order valence-corrected chi connectivity index (χ0v) is 24.1. The minimum absolute atomic E-state index is 0.649. The number of fused-ring (bicyclic) bond motifs is 8. The first-order chi connectivity index (χ1) is 22.3. The van der Waals surface area contributed by atoms with Crippen molar-refractivity contribution in [1.29, 1.82) is 5.26 Å². The molecule has 0 fully saturated rings. The van der Waals surface area contributed by atoms with Gasteiger partial charge in [-0.1, -0.05) is 78.9 Å². The van der Waals surface area contributed by atoms with Gasteiger partial charge in [0, 0.05) is 38.8 Å². The molecule has 4 nitrogen and oxygen atoms in total. The van der Waals surface area contributed by atoms with Crippen LogP contribution in [0.2, 0.25) is 0 Å². The van der Waals surface area contributed by atoms with E-state index in [0.717, 1.165) is 66.3 Å². The first-order valence-electron chi connectivity index (χ1n) is 15.0. The van der Waals surface area contributed by atoms with Crippen molar-refractivity contribution >= 4 is 54.3 Å². The van der Waals surface area contributed by atoms with Crippen LogP contribution in [0.3, 0.4) is 0 Å². The van der Waals surface area contributed by atoms with Crippen molar-refractivity contribution in [2.45, 2.75) is 0 Å². The van der Waals surface area contributed by atoms with Gasteiger partial charge in [-0.15, -0.1) is 0 Å². The maximum absolute atomic E-state index is 9.70. The largest absolute Gasteiger partial charge is 0.309 e. The molecule has 0 unspecified atom stereocenters. The van der Waals surface area contributed by atoms with E-state index in [4.69, 9.17) is 4.98 Å². The fourth-order valence-electron chi connectivity index (χ4n) is 6.78. The van der Waals surface area contributed by atoms with Gasteiger partial charge in [0.25, 0.3) is 0 Å². The Morgan fingerprint density at radius 3 is 2.13 bits per heavy atom. The molecule has 9 aromatic rings. The molecule has 3 aromatic heterocycles. The van der Waals surface area contributed by atoms with Crippen LogP contribution in [0.15, 0.2) is 146 Å². The van der Waals surface area contributed by atoms with Gasteiger partial charge in [-0.05, 0) is 82.6 Å². The number of nitriles is 1. The van der Waals surface area contributed by atoms with Crippen molar-refractivity contribution in [2.75, 3.05) is 0 Å². The summed E-state index contributed by atoms with van der Waals surface area (Å²) in [5, 5.41) is 17.7. The van der Waals surface area contributed by atoms with Crippen LogP contribution in [0.1, 0.15) is 5.56 Å². The van der Waals surface area contributed by atoms with Gasteiger partial charge in [-0.25, -0.2) is 4.98 Å². The molecule has 3 heterocycles. The zero-order chi connectivity index (χ0) is 29.9. The summed E-state index contributed by atoms with van der Waals surface area (Å²) >= 11 is 0. The van der Waals surface area contributed by atoms with Gasteiger partial charge in [0.2, 0.25) is 0 Å². The fourth-order valence-corrected chi connectivity index (χ4v) is 6.78. The van der Waals surface area contributed by atoms with Crippen molar-refractivity contribution in [2.24, 2.45) is 0 Å². The Morgan fingerprint density at radius 2 is 1.29 bits per heavy atom. The lowest BCUT2D eigenvalue weighted by atomic mass is 9.94. The molecule has 0 saturated carbocycles. The summed E-state index contributed by atoms with van der Waals surface area (Å²) in [5.74, 6) is 0. The molecule has 0 atom stereocenters. The maximum atomic E-state index is 9.70. The summed E-state index contributed by atoms with van der Waals surface area (Å²) in [6.07, 6.45) is 1.82. The van der Waals surface area contributed by atoms with Crippen LogP contribution in [0.4, 0.5) is 0 Å². The van der Waals surface area contributed by atoms with E-state index in [1.54, 1.807) is 0 Å². The highest BCUT2D eigenvalue weighted by molar-refractivity contribution is 6.22. The smallest absolute Gasteiger partial charge is 0.0991 e. The van der Waals surface area contributed by atoms with Crippen molar-refractivity contribution in [3.05, 3.63) is 151 Å². The Hall–Kier alpha value is -6.31. The fraction of sp³-hybridized carbons (Fsp3) is 0. The predicted octanol–water partition coefficient (Wildman–Crippen LogP) is 10.2. The van der Waals surface area contributed by atoms with Crippen LogP contribution in [0.5, 0.6) is 0 Å². The molecule has 0 N–H and O–H groups in total. The van der Waals surface area contributed by atoms with Gasteiger partial charge in [-0.3, -0.25) is 4.98 Å². The third-order valence-electron chi connectivity index (χ3n) is 8.83. The van der Waals surface area contributed by atoms with Crippen LogP contribution in [-0.2, 0) is 0 Å². The van der Waals surface area contributed by atoms with Crippen LogP contribution in [0, 0.1) is 11.3 Å². The molecular weight excluding hydrogens is 548 g/mol. The molecule has 0 saturated heterocycles. The monoisotopic (exact) mass is 572 g/mol. The van der Waals surface area contributed by atoms with Gasteiger partial charge in [0.15, 0.2) is 0 Å².